The molecule has 1 N–H and O–H groups in total. The maximum absolute atomic E-state index is 12.5. The minimum Gasteiger partial charge on any atom is -0.359 e. The van der Waals surface area contributed by atoms with Crippen molar-refractivity contribution in [3.8, 4) is 0 Å². The van der Waals surface area contributed by atoms with Crippen LogP contribution in [0.15, 0.2) is 24.4 Å². The van der Waals surface area contributed by atoms with Crippen LogP contribution >= 0.6 is 0 Å². The molecule has 1 aliphatic heterocycles. The number of nitrogens with zero attached hydrogens (tertiary/aromatic N) is 3. The fraction of sp³-hybridized carbons (Fsp3) is 0.500. The second-order valence-corrected chi connectivity index (χ2v) is 7.38. The van der Waals surface area contributed by atoms with E-state index in [-0.39, 0.29) is 43.7 Å². The molecule has 1 saturated heterocycles. The summed E-state index contributed by atoms with van der Waals surface area (Å²) in [7, 11) is -1.95. The second-order valence-electron chi connectivity index (χ2n) is 5.40. The molecule has 0 bridgehead atoms. The van der Waals surface area contributed by atoms with Gasteiger partial charge in [-0.1, -0.05) is 6.07 Å². The molecule has 23 heavy (non-hydrogen) atoms. The Morgan fingerprint density at radius 2 is 2.00 bits per heavy atom. The lowest BCUT2D eigenvalue weighted by Crippen LogP contribution is -2.42. The SMILES string of the molecule is CNC(=O)C1CN(C(=O)c2ccccn2)CCN(S(C)(=O)=O)C1. The van der Waals surface area contributed by atoms with E-state index >= 15 is 0 Å². The average molecular weight is 340 g/mol. The van der Waals surface area contributed by atoms with Gasteiger partial charge in [0.15, 0.2) is 0 Å². The molecule has 2 amide bonds. The quantitative estimate of drug-likeness (QED) is 0.773. The zero-order valence-corrected chi connectivity index (χ0v) is 13.9. The third-order valence-electron chi connectivity index (χ3n) is 3.74. The van der Waals surface area contributed by atoms with E-state index in [1.807, 2.05) is 0 Å². The van der Waals surface area contributed by atoms with Gasteiger partial charge in [-0.15, -0.1) is 0 Å². The van der Waals surface area contributed by atoms with Crippen molar-refractivity contribution in [2.75, 3.05) is 39.5 Å². The van der Waals surface area contributed by atoms with Gasteiger partial charge in [-0.3, -0.25) is 14.6 Å². The predicted octanol–water partition coefficient (Wildman–Crippen LogP) is -0.839. The fourth-order valence-electron chi connectivity index (χ4n) is 2.49. The molecule has 0 saturated carbocycles. The number of sulfonamides is 1. The molecule has 0 spiro atoms. The lowest BCUT2D eigenvalue weighted by atomic mass is 10.1. The highest BCUT2D eigenvalue weighted by atomic mass is 32.2. The number of hydrogen-bond acceptors (Lipinski definition) is 5. The summed E-state index contributed by atoms with van der Waals surface area (Å²) in [6.07, 6.45) is 2.62. The summed E-state index contributed by atoms with van der Waals surface area (Å²) in [5.41, 5.74) is 0.274. The molecule has 1 aromatic heterocycles. The average Bonchev–Trinajstić information content (AvgIpc) is 2.77. The predicted molar refractivity (Wildman–Crippen MR) is 84.1 cm³/mol. The molecule has 8 nitrogen and oxygen atoms in total. The molecule has 1 fully saturated rings. The molecule has 0 radical (unpaired) electrons. The van der Waals surface area contributed by atoms with E-state index < -0.39 is 15.9 Å². The highest BCUT2D eigenvalue weighted by Gasteiger charge is 2.33. The van der Waals surface area contributed by atoms with Crippen molar-refractivity contribution < 1.29 is 18.0 Å². The number of amides is 2. The van der Waals surface area contributed by atoms with Gasteiger partial charge in [-0.05, 0) is 12.1 Å². The summed E-state index contributed by atoms with van der Waals surface area (Å²) in [5, 5.41) is 2.52. The van der Waals surface area contributed by atoms with Crippen LogP contribution in [0.1, 0.15) is 10.5 Å². The summed E-state index contributed by atoms with van der Waals surface area (Å²) >= 11 is 0. The van der Waals surface area contributed by atoms with Crippen LogP contribution in [0.25, 0.3) is 0 Å². The van der Waals surface area contributed by atoms with E-state index in [0.717, 1.165) is 6.26 Å². The van der Waals surface area contributed by atoms with E-state index in [4.69, 9.17) is 0 Å². The zero-order chi connectivity index (χ0) is 17.0. The van der Waals surface area contributed by atoms with E-state index in [0.29, 0.717) is 0 Å². The van der Waals surface area contributed by atoms with Gasteiger partial charge in [-0.25, -0.2) is 8.42 Å². The summed E-state index contributed by atoms with van der Waals surface area (Å²) in [4.78, 5) is 30.0. The van der Waals surface area contributed by atoms with Crippen LogP contribution in [-0.2, 0) is 14.8 Å². The van der Waals surface area contributed by atoms with Crippen molar-refractivity contribution in [3.63, 3.8) is 0 Å². The molecule has 1 unspecified atom stereocenters. The second kappa shape index (κ2) is 7.05. The molecule has 0 aromatic carbocycles. The van der Waals surface area contributed by atoms with Crippen LogP contribution in [0, 0.1) is 5.92 Å². The Hall–Kier alpha value is -2.00. The molecular formula is C14H20N4O4S. The monoisotopic (exact) mass is 340 g/mol. The van der Waals surface area contributed by atoms with Crippen LogP contribution in [-0.4, -0.2) is 73.9 Å². The Balaban J connectivity index is 2.25. The third-order valence-corrected chi connectivity index (χ3v) is 5.01. The lowest BCUT2D eigenvalue weighted by Gasteiger charge is -2.22. The molecule has 1 atom stereocenters. The van der Waals surface area contributed by atoms with Gasteiger partial charge in [0, 0.05) is 39.4 Å². The van der Waals surface area contributed by atoms with Crippen molar-refractivity contribution in [2.24, 2.45) is 5.92 Å². The molecule has 1 aliphatic rings. The Kier molecular flexibility index (Phi) is 5.32. The van der Waals surface area contributed by atoms with Gasteiger partial charge in [0.25, 0.3) is 5.91 Å². The fourth-order valence-corrected chi connectivity index (χ4v) is 3.36. The first kappa shape index (κ1) is 17.4. The van der Waals surface area contributed by atoms with Crippen LogP contribution < -0.4 is 5.32 Å². The molecule has 0 aliphatic carbocycles. The first-order valence-corrected chi connectivity index (χ1v) is 9.04. The third kappa shape index (κ3) is 4.26. The molecule has 2 rings (SSSR count). The van der Waals surface area contributed by atoms with Crippen LogP contribution in [0.5, 0.6) is 0 Å². The van der Waals surface area contributed by atoms with Gasteiger partial charge < -0.3 is 10.2 Å². The Morgan fingerprint density at radius 1 is 1.26 bits per heavy atom. The zero-order valence-electron chi connectivity index (χ0n) is 13.1. The van der Waals surface area contributed by atoms with Crippen molar-refractivity contribution in [3.05, 3.63) is 30.1 Å². The van der Waals surface area contributed by atoms with Gasteiger partial charge in [0.05, 0.1) is 12.2 Å². The van der Waals surface area contributed by atoms with Crippen molar-refractivity contribution in [1.29, 1.82) is 0 Å². The lowest BCUT2D eigenvalue weighted by molar-refractivity contribution is -0.124. The molecule has 9 heteroatoms. The number of aromatic nitrogens is 1. The number of rotatable bonds is 3. The number of nitrogens with one attached hydrogen (secondary N) is 1. The van der Waals surface area contributed by atoms with E-state index in [9.17, 15) is 18.0 Å². The molecule has 2 heterocycles. The molecule has 1 aromatic rings. The molecule has 126 valence electrons. The first-order chi connectivity index (χ1) is 10.8. The Labute approximate surface area is 135 Å². The standard InChI is InChI=1S/C14H20N4O4S/c1-15-13(19)11-9-17(7-8-18(10-11)23(2,21)22)14(20)12-5-3-4-6-16-12/h3-6,11H,7-10H2,1-2H3,(H,15,19). The van der Waals surface area contributed by atoms with E-state index in [1.54, 1.807) is 18.2 Å². The van der Waals surface area contributed by atoms with Crippen LogP contribution in [0.2, 0.25) is 0 Å². The van der Waals surface area contributed by atoms with Gasteiger partial charge in [0.2, 0.25) is 15.9 Å². The van der Waals surface area contributed by atoms with Gasteiger partial charge in [0.1, 0.15) is 5.69 Å². The normalized spacial score (nSPS) is 19.9. The van der Waals surface area contributed by atoms with Crippen LogP contribution in [0.3, 0.4) is 0 Å². The van der Waals surface area contributed by atoms with E-state index in [1.165, 1.54) is 22.4 Å². The molecular weight excluding hydrogens is 320 g/mol. The largest absolute Gasteiger partial charge is 0.359 e. The van der Waals surface area contributed by atoms with E-state index in [2.05, 4.69) is 10.3 Å². The van der Waals surface area contributed by atoms with Crippen molar-refractivity contribution in [1.82, 2.24) is 19.5 Å². The minimum absolute atomic E-state index is 0.0600. The highest BCUT2D eigenvalue weighted by Crippen LogP contribution is 2.15. The number of pyridine rings is 1. The number of hydrogen-bond donors (Lipinski definition) is 1. The summed E-state index contributed by atoms with van der Waals surface area (Å²) in [5.74, 6) is -1.22. The maximum atomic E-state index is 12.5. The van der Waals surface area contributed by atoms with Crippen molar-refractivity contribution in [2.45, 2.75) is 0 Å². The first-order valence-electron chi connectivity index (χ1n) is 7.20. The summed E-state index contributed by atoms with van der Waals surface area (Å²) in [6.45, 7) is 0.590. The number of carbonyl (C=O) groups is 2. The highest BCUT2D eigenvalue weighted by molar-refractivity contribution is 7.88. The summed E-state index contributed by atoms with van der Waals surface area (Å²) < 4.78 is 24.9. The Bertz CT molecular complexity index is 677. The maximum Gasteiger partial charge on any atom is 0.272 e. The Morgan fingerprint density at radius 3 is 2.57 bits per heavy atom. The van der Waals surface area contributed by atoms with Gasteiger partial charge >= 0.3 is 0 Å². The number of carbonyl (C=O) groups excluding carboxylic acids is 2. The van der Waals surface area contributed by atoms with Gasteiger partial charge in [-0.2, -0.15) is 4.31 Å². The van der Waals surface area contributed by atoms with Crippen molar-refractivity contribution >= 4 is 21.8 Å². The topological polar surface area (TPSA) is 99.7 Å². The van der Waals surface area contributed by atoms with Crippen LogP contribution in [0.4, 0.5) is 0 Å². The minimum atomic E-state index is -3.44. The summed E-state index contributed by atoms with van der Waals surface area (Å²) in [6, 6.07) is 5.01. The smallest absolute Gasteiger partial charge is 0.272 e.